The maximum Gasteiger partial charge on any atom is 0.228 e. The zero-order chi connectivity index (χ0) is 15.7. The minimum Gasteiger partial charge on any atom is -0.350 e. The number of carbonyl (C=O) groups is 1. The van der Waals surface area contributed by atoms with Gasteiger partial charge < -0.3 is 10.6 Å². The minimum atomic E-state index is -0.184. The van der Waals surface area contributed by atoms with E-state index in [1.165, 1.54) is 0 Å². The first-order chi connectivity index (χ1) is 11.3. The lowest BCUT2D eigenvalue weighted by molar-refractivity contribution is -0.138. The number of aromatic nitrogens is 3. The Morgan fingerprint density at radius 1 is 1.30 bits per heavy atom. The van der Waals surface area contributed by atoms with E-state index in [-0.39, 0.29) is 11.3 Å². The fourth-order valence-electron chi connectivity index (χ4n) is 3.54. The van der Waals surface area contributed by atoms with Crippen LogP contribution in [0.3, 0.4) is 0 Å². The number of nitrogens with zero attached hydrogens (tertiary/aromatic N) is 3. The highest BCUT2D eigenvalue weighted by Crippen LogP contribution is 2.49. The number of carbonyl (C=O) groups excluding carboxylic acids is 1. The Kier molecular flexibility index (Phi) is 3.53. The van der Waals surface area contributed by atoms with Crippen molar-refractivity contribution in [3.8, 4) is 11.5 Å². The molecule has 1 amide bonds. The zero-order valence-corrected chi connectivity index (χ0v) is 12.8. The molecule has 1 saturated heterocycles. The van der Waals surface area contributed by atoms with Crippen LogP contribution in [0.15, 0.2) is 36.7 Å². The maximum atomic E-state index is 12.6. The van der Waals surface area contributed by atoms with Crippen LogP contribution in [0.1, 0.15) is 18.5 Å². The van der Waals surface area contributed by atoms with E-state index in [1.807, 2.05) is 24.3 Å². The first-order valence-electron chi connectivity index (χ1n) is 8.00. The Morgan fingerprint density at radius 2 is 2.26 bits per heavy atom. The van der Waals surface area contributed by atoms with Gasteiger partial charge in [-0.1, -0.05) is 6.07 Å². The molecule has 6 nitrogen and oxygen atoms in total. The van der Waals surface area contributed by atoms with E-state index in [4.69, 9.17) is 0 Å². The molecule has 0 bridgehead atoms. The van der Waals surface area contributed by atoms with Crippen molar-refractivity contribution >= 4 is 5.91 Å². The van der Waals surface area contributed by atoms with Crippen LogP contribution in [0.4, 0.5) is 0 Å². The third-order valence-corrected chi connectivity index (χ3v) is 5.04. The van der Waals surface area contributed by atoms with Gasteiger partial charge in [-0.05, 0) is 43.5 Å². The van der Waals surface area contributed by atoms with Crippen molar-refractivity contribution in [1.82, 2.24) is 25.6 Å². The van der Waals surface area contributed by atoms with Gasteiger partial charge in [0.2, 0.25) is 5.91 Å². The van der Waals surface area contributed by atoms with Crippen molar-refractivity contribution < 1.29 is 4.79 Å². The predicted octanol–water partition coefficient (Wildman–Crippen LogP) is 1.15. The Labute approximate surface area is 134 Å². The van der Waals surface area contributed by atoms with Crippen molar-refractivity contribution in [2.75, 3.05) is 13.1 Å². The molecule has 4 rings (SSSR count). The van der Waals surface area contributed by atoms with Gasteiger partial charge in [0.05, 0.1) is 17.7 Å². The molecular weight excluding hydrogens is 290 g/mol. The summed E-state index contributed by atoms with van der Waals surface area (Å²) in [5.74, 6) is 1.23. The fraction of sp³-hybridized carbons (Fsp3) is 0.412. The quantitative estimate of drug-likeness (QED) is 0.886. The van der Waals surface area contributed by atoms with Crippen molar-refractivity contribution in [3.63, 3.8) is 0 Å². The number of rotatable bonds is 4. The molecule has 23 heavy (non-hydrogen) atoms. The summed E-state index contributed by atoms with van der Waals surface area (Å²) in [6.45, 7) is 2.19. The van der Waals surface area contributed by atoms with E-state index in [0.29, 0.717) is 18.3 Å². The van der Waals surface area contributed by atoms with E-state index in [2.05, 4.69) is 25.6 Å². The van der Waals surface area contributed by atoms with E-state index in [0.717, 1.165) is 37.3 Å². The molecule has 2 aromatic heterocycles. The Hall–Kier alpha value is -2.34. The van der Waals surface area contributed by atoms with E-state index < -0.39 is 0 Å². The van der Waals surface area contributed by atoms with Crippen LogP contribution in [0, 0.1) is 11.3 Å². The van der Waals surface area contributed by atoms with Crippen LogP contribution in [0.2, 0.25) is 0 Å². The zero-order valence-electron chi connectivity index (χ0n) is 12.8. The van der Waals surface area contributed by atoms with Gasteiger partial charge in [-0.3, -0.25) is 9.78 Å². The molecule has 0 unspecified atom stereocenters. The molecule has 118 valence electrons. The summed E-state index contributed by atoms with van der Waals surface area (Å²) in [7, 11) is 0. The number of hydrogen-bond donors (Lipinski definition) is 2. The molecule has 1 aliphatic heterocycles. The number of hydrogen-bond acceptors (Lipinski definition) is 5. The number of pyridine rings is 1. The smallest absolute Gasteiger partial charge is 0.228 e. The topological polar surface area (TPSA) is 79.8 Å². The second-order valence-corrected chi connectivity index (χ2v) is 6.29. The van der Waals surface area contributed by atoms with Crippen LogP contribution in [-0.2, 0) is 11.3 Å². The molecule has 2 fully saturated rings. The van der Waals surface area contributed by atoms with Crippen molar-refractivity contribution in [1.29, 1.82) is 0 Å². The molecule has 0 spiro atoms. The van der Waals surface area contributed by atoms with Crippen LogP contribution in [0.25, 0.3) is 11.5 Å². The highest BCUT2D eigenvalue weighted by atomic mass is 16.2. The average Bonchev–Trinajstić information content (AvgIpc) is 2.89. The second kappa shape index (κ2) is 5.70. The molecule has 3 heterocycles. The lowest BCUT2D eigenvalue weighted by atomic mass is 9.61. The van der Waals surface area contributed by atoms with E-state index in [1.54, 1.807) is 12.4 Å². The Morgan fingerprint density at radius 3 is 3.00 bits per heavy atom. The summed E-state index contributed by atoms with van der Waals surface area (Å²) in [4.78, 5) is 25.6. The molecule has 2 aromatic rings. The predicted molar refractivity (Wildman–Crippen MR) is 85.1 cm³/mol. The monoisotopic (exact) mass is 309 g/mol. The first-order valence-corrected chi connectivity index (χ1v) is 8.00. The molecule has 0 aromatic carbocycles. The molecule has 2 aliphatic rings. The van der Waals surface area contributed by atoms with Crippen molar-refractivity contribution in [3.05, 3.63) is 42.4 Å². The summed E-state index contributed by atoms with van der Waals surface area (Å²) in [5, 5.41) is 6.39. The van der Waals surface area contributed by atoms with Crippen molar-refractivity contribution in [2.24, 2.45) is 11.3 Å². The van der Waals surface area contributed by atoms with Gasteiger partial charge in [-0.25, -0.2) is 9.97 Å². The lowest BCUT2D eigenvalue weighted by Gasteiger charge is -2.42. The van der Waals surface area contributed by atoms with Gasteiger partial charge in [0.15, 0.2) is 5.82 Å². The molecule has 0 radical (unpaired) electrons. The van der Waals surface area contributed by atoms with Crippen LogP contribution in [-0.4, -0.2) is 33.9 Å². The Bertz CT molecular complexity index is 720. The Balaban J connectivity index is 1.45. The third kappa shape index (κ3) is 2.49. The third-order valence-electron chi connectivity index (χ3n) is 5.04. The molecule has 6 heteroatoms. The molecule has 2 atom stereocenters. The number of amides is 1. The van der Waals surface area contributed by atoms with Gasteiger partial charge in [0.25, 0.3) is 0 Å². The first kappa shape index (κ1) is 14.3. The molecule has 1 saturated carbocycles. The number of nitrogens with one attached hydrogen (secondary N) is 2. The minimum absolute atomic E-state index is 0.150. The number of fused-ring (bicyclic) bond motifs is 1. The van der Waals surface area contributed by atoms with Gasteiger partial charge in [0.1, 0.15) is 5.69 Å². The lowest BCUT2D eigenvalue weighted by Crippen LogP contribution is -2.51. The second-order valence-electron chi connectivity index (χ2n) is 6.29. The van der Waals surface area contributed by atoms with E-state index >= 15 is 0 Å². The largest absolute Gasteiger partial charge is 0.350 e. The van der Waals surface area contributed by atoms with Gasteiger partial charge in [0, 0.05) is 18.9 Å². The van der Waals surface area contributed by atoms with Gasteiger partial charge >= 0.3 is 0 Å². The highest BCUT2D eigenvalue weighted by molar-refractivity contribution is 5.84. The van der Waals surface area contributed by atoms with Crippen LogP contribution >= 0.6 is 0 Å². The highest BCUT2D eigenvalue weighted by Gasteiger charge is 2.55. The average molecular weight is 309 g/mol. The van der Waals surface area contributed by atoms with Crippen molar-refractivity contribution in [2.45, 2.75) is 19.4 Å². The van der Waals surface area contributed by atoms with Crippen LogP contribution < -0.4 is 10.6 Å². The summed E-state index contributed by atoms with van der Waals surface area (Å²) >= 11 is 0. The summed E-state index contributed by atoms with van der Waals surface area (Å²) in [5.41, 5.74) is 1.35. The standard InChI is InChI=1S/C17H19N5O/c23-16(17-6-4-12(17)9-18-11-17)21-10-13-5-8-20-15(22-13)14-3-1-2-7-19-14/h1-3,5,7-8,12,18H,4,6,9-11H2,(H,21,23)/t12-,17-/m0/s1. The van der Waals surface area contributed by atoms with Gasteiger partial charge in [-0.2, -0.15) is 0 Å². The summed E-state index contributed by atoms with van der Waals surface area (Å²) in [6, 6.07) is 7.47. The normalized spacial score (nSPS) is 25.5. The summed E-state index contributed by atoms with van der Waals surface area (Å²) < 4.78 is 0. The summed E-state index contributed by atoms with van der Waals surface area (Å²) in [6.07, 6.45) is 5.56. The fourth-order valence-corrected chi connectivity index (χ4v) is 3.54. The van der Waals surface area contributed by atoms with Gasteiger partial charge in [-0.15, -0.1) is 0 Å². The molecule has 1 aliphatic carbocycles. The SMILES string of the molecule is O=C(NCc1ccnc(-c2ccccn2)n1)[C@]12CC[C@H]1CNC2. The van der Waals surface area contributed by atoms with E-state index in [9.17, 15) is 4.79 Å². The van der Waals surface area contributed by atoms with Crippen LogP contribution in [0.5, 0.6) is 0 Å². The molecule has 2 N–H and O–H groups in total. The molecular formula is C17H19N5O. The maximum absolute atomic E-state index is 12.6.